The molecule has 0 radical (unpaired) electrons. The summed E-state index contributed by atoms with van der Waals surface area (Å²) in [5.41, 5.74) is 10.9. The Kier molecular flexibility index (Phi) is 3.78. The summed E-state index contributed by atoms with van der Waals surface area (Å²) < 4.78 is 0. The highest BCUT2D eigenvalue weighted by Gasteiger charge is 2.26. The minimum atomic E-state index is -0.0168. The van der Waals surface area contributed by atoms with Gasteiger partial charge in [0.25, 0.3) is 5.91 Å². The van der Waals surface area contributed by atoms with Crippen LogP contribution in [0.2, 0.25) is 0 Å². The molecule has 21 heavy (non-hydrogen) atoms. The Morgan fingerprint density at radius 3 is 2.95 bits per heavy atom. The van der Waals surface area contributed by atoms with Gasteiger partial charge < -0.3 is 10.6 Å². The zero-order chi connectivity index (χ0) is 15.0. The number of anilines is 1. The standard InChI is InChI=1S/C16H19N3OS/c1-10-6-11(2)12-4-3-5-19(14(12)7-10)16(20)13-9-21-15(8-17)18-13/h6-7,9H,3-5,8,17H2,1-2H3. The third kappa shape index (κ3) is 2.59. The topological polar surface area (TPSA) is 59.2 Å². The first kappa shape index (κ1) is 14.2. The van der Waals surface area contributed by atoms with Gasteiger partial charge in [0, 0.05) is 24.2 Å². The SMILES string of the molecule is Cc1cc(C)c2c(c1)N(C(=O)c1csc(CN)n1)CCC2. The van der Waals surface area contributed by atoms with Crippen molar-refractivity contribution in [2.24, 2.45) is 5.73 Å². The minimum Gasteiger partial charge on any atom is -0.325 e. The predicted octanol–water partition coefficient (Wildman–Crippen LogP) is 2.81. The summed E-state index contributed by atoms with van der Waals surface area (Å²) >= 11 is 1.45. The summed E-state index contributed by atoms with van der Waals surface area (Å²) in [5, 5.41) is 2.61. The van der Waals surface area contributed by atoms with Crippen LogP contribution in [0.5, 0.6) is 0 Å². The Hall–Kier alpha value is -1.72. The second kappa shape index (κ2) is 5.58. The zero-order valence-corrected chi connectivity index (χ0v) is 13.2. The summed E-state index contributed by atoms with van der Waals surface area (Å²) in [5.74, 6) is -0.0168. The summed E-state index contributed by atoms with van der Waals surface area (Å²) in [4.78, 5) is 18.9. The van der Waals surface area contributed by atoms with Gasteiger partial charge in [-0.2, -0.15) is 0 Å². The molecular formula is C16H19N3OS. The molecule has 1 aromatic heterocycles. The van der Waals surface area contributed by atoms with Crippen molar-refractivity contribution < 1.29 is 4.79 Å². The summed E-state index contributed by atoms with van der Waals surface area (Å²) in [6, 6.07) is 4.29. The summed E-state index contributed by atoms with van der Waals surface area (Å²) in [7, 11) is 0. The fraction of sp³-hybridized carbons (Fsp3) is 0.375. The average molecular weight is 301 g/mol. The van der Waals surface area contributed by atoms with E-state index in [1.165, 1.54) is 28.0 Å². The van der Waals surface area contributed by atoms with Crippen LogP contribution in [-0.4, -0.2) is 17.4 Å². The van der Waals surface area contributed by atoms with Crippen LogP contribution >= 0.6 is 11.3 Å². The molecule has 0 saturated carbocycles. The molecule has 2 N–H and O–H groups in total. The van der Waals surface area contributed by atoms with Crippen LogP contribution in [0.25, 0.3) is 0 Å². The maximum Gasteiger partial charge on any atom is 0.277 e. The predicted molar refractivity (Wildman–Crippen MR) is 85.9 cm³/mol. The van der Waals surface area contributed by atoms with Crippen molar-refractivity contribution in [2.45, 2.75) is 33.2 Å². The quantitative estimate of drug-likeness (QED) is 0.928. The number of aryl methyl sites for hydroxylation is 2. The highest BCUT2D eigenvalue weighted by molar-refractivity contribution is 7.09. The molecule has 0 saturated heterocycles. The maximum absolute atomic E-state index is 12.7. The van der Waals surface area contributed by atoms with Crippen molar-refractivity contribution in [3.8, 4) is 0 Å². The number of nitrogens with zero attached hydrogens (tertiary/aromatic N) is 2. The molecule has 2 heterocycles. The van der Waals surface area contributed by atoms with Crippen LogP contribution in [0.1, 0.15) is 38.6 Å². The molecule has 1 amide bonds. The van der Waals surface area contributed by atoms with E-state index in [4.69, 9.17) is 5.73 Å². The highest BCUT2D eigenvalue weighted by atomic mass is 32.1. The van der Waals surface area contributed by atoms with E-state index in [1.54, 1.807) is 0 Å². The number of rotatable bonds is 2. The molecule has 4 nitrogen and oxygen atoms in total. The van der Waals surface area contributed by atoms with E-state index in [9.17, 15) is 4.79 Å². The zero-order valence-electron chi connectivity index (χ0n) is 12.3. The fourth-order valence-electron chi connectivity index (χ4n) is 2.93. The molecule has 2 aromatic rings. The molecule has 1 aliphatic rings. The lowest BCUT2D eigenvalue weighted by molar-refractivity contribution is 0.0981. The van der Waals surface area contributed by atoms with E-state index in [1.807, 2.05) is 10.3 Å². The van der Waals surface area contributed by atoms with E-state index in [-0.39, 0.29) is 5.91 Å². The maximum atomic E-state index is 12.7. The monoisotopic (exact) mass is 301 g/mol. The number of hydrogen-bond acceptors (Lipinski definition) is 4. The minimum absolute atomic E-state index is 0.0168. The second-order valence-electron chi connectivity index (χ2n) is 5.47. The van der Waals surface area contributed by atoms with Gasteiger partial charge in [0.15, 0.2) is 0 Å². The summed E-state index contributed by atoms with van der Waals surface area (Å²) in [6.45, 7) is 5.33. The number of fused-ring (bicyclic) bond motifs is 1. The van der Waals surface area contributed by atoms with Gasteiger partial charge in [-0.05, 0) is 49.4 Å². The smallest absolute Gasteiger partial charge is 0.277 e. The number of hydrogen-bond donors (Lipinski definition) is 1. The molecular weight excluding hydrogens is 282 g/mol. The van der Waals surface area contributed by atoms with E-state index in [0.29, 0.717) is 12.2 Å². The fourth-order valence-corrected chi connectivity index (χ4v) is 3.58. The molecule has 5 heteroatoms. The number of carbonyl (C=O) groups excluding carboxylic acids is 1. The molecule has 0 bridgehead atoms. The van der Waals surface area contributed by atoms with Gasteiger partial charge in [-0.1, -0.05) is 6.07 Å². The Balaban J connectivity index is 1.99. The van der Waals surface area contributed by atoms with Crippen molar-refractivity contribution in [3.63, 3.8) is 0 Å². The molecule has 1 aromatic carbocycles. The van der Waals surface area contributed by atoms with Gasteiger partial charge in [0.2, 0.25) is 0 Å². The van der Waals surface area contributed by atoms with Crippen molar-refractivity contribution >= 4 is 22.9 Å². The first-order valence-corrected chi connectivity index (χ1v) is 8.04. The lowest BCUT2D eigenvalue weighted by Gasteiger charge is -2.30. The molecule has 3 rings (SSSR count). The molecule has 110 valence electrons. The van der Waals surface area contributed by atoms with E-state index in [0.717, 1.165) is 30.1 Å². The largest absolute Gasteiger partial charge is 0.325 e. The Labute approximate surface area is 128 Å². The van der Waals surface area contributed by atoms with Crippen LogP contribution in [0, 0.1) is 13.8 Å². The van der Waals surface area contributed by atoms with Crippen molar-refractivity contribution in [2.75, 3.05) is 11.4 Å². The van der Waals surface area contributed by atoms with Gasteiger partial charge in [0.1, 0.15) is 10.7 Å². The Morgan fingerprint density at radius 2 is 2.24 bits per heavy atom. The van der Waals surface area contributed by atoms with Crippen LogP contribution < -0.4 is 10.6 Å². The van der Waals surface area contributed by atoms with Crippen molar-refractivity contribution in [1.29, 1.82) is 0 Å². The number of aromatic nitrogens is 1. The molecule has 0 atom stereocenters. The summed E-state index contributed by atoms with van der Waals surface area (Å²) in [6.07, 6.45) is 2.03. The third-order valence-electron chi connectivity index (χ3n) is 3.88. The van der Waals surface area contributed by atoms with Gasteiger partial charge in [-0.25, -0.2) is 4.98 Å². The van der Waals surface area contributed by atoms with Crippen molar-refractivity contribution in [3.05, 3.63) is 44.9 Å². The second-order valence-corrected chi connectivity index (χ2v) is 6.41. The number of thiazole rings is 1. The van der Waals surface area contributed by atoms with Gasteiger partial charge in [-0.15, -0.1) is 11.3 Å². The lowest BCUT2D eigenvalue weighted by Crippen LogP contribution is -2.36. The molecule has 1 aliphatic heterocycles. The van der Waals surface area contributed by atoms with Gasteiger partial charge >= 0.3 is 0 Å². The number of nitrogens with two attached hydrogens (primary N) is 1. The lowest BCUT2D eigenvalue weighted by atomic mass is 9.95. The first-order valence-electron chi connectivity index (χ1n) is 7.16. The average Bonchev–Trinajstić information content (AvgIpc) is 2.95. The van der Waals surface area contributed by atoms with Crippen LogP contribution in [0.4, 0.5) is 5.69 Å². The van der Waals surface area contributed by atoms with Crippen LogP contribution in [-0.2, 0) is 13.0 Å². The van der Waals surface area contributed by atoms with E-state index in [2.05, 4.69) is 31.0 Å². The molecule has 0 aliphatic carbocycles. The van der Waals surface area contributed by atoms with Gasteiger partial charge in [-0.3, -0.25) is 4.79 Å². The van der Waals surface area contributed by atoms with Crippen LogP contribution in [0.15, 0.2) is 17.5 Å². The molecule has 0 fully saturated rings. The van der Waals surface area contributed by atoms with E-state index < -0.39 is 0 Å². The number of carbonyl (C=O) groups is 1. The third-order valence-corrected chi connectivity index (χ3v) is 4.75. The van der Waals surface area contributed by atoms with Crippen molar-refractivity contribution in [1.82, 2.24) is 4.98 Å². The highest BCUT2D eigenvalue weighted by Crippen LogP contribution is 2.32. The normalized spacial score (nSPS) is 14.1. The Morgan fingerprint density at radius 1 is 1.43 bits per heavy atom. The number of amides is 1. The van der Waals surface area contributed by atoms with Gasteiger partial charge in [0.05, 0.1) is 0 Å². The molecule has 0 spiro atoms. The Bertz CT molecular complexity index is 693. The molecule has 0 unspecified atom stereocenters. The van der Waals surface area contributed by atoms with E-state index >= 15 is 0 Å². The first-order chi connectivity index (χ1) is 10.1. The van der Waals surface area contributed by atoms with Crippen LogP contribution in [0.3, 0.4) is 0 Å². The number of benzene rings is 1.